The molecular formula is C6H4IN3S. The summed E-state index contributed by atoms with van der Waals surface area (Å²) in [5.41, 5.74) is 6.39. The molecule has 0 unspecified atom stereocenters. The number of nitrogen functional groups attached to an aromatic ring is 1. The molecule has 0 spiro atoms. The van der Waals surface area contributed by atoms with Gasteiger partial charge in [0.05, 0.1) is 9.08 Å². The molecular weight excluding hydrogens is 273 g/mol. The highest BCUT2D eigenvalue weighted by Gasteiger charge is 2.00. The second kappa shape index (κ2) is 2.56. The van der Waals surface area contributed by atoms with E-state index in [4.69, 9.17) is 5.73 Å². The quantitative estimate of drug-likeness (QED) is 0.748. The predicted molar refractivity (Wildman–Crippen MR) is 54.5 cm³/mol. The van der Waals surface area contributed by atoms with Crippen molar-refractivity contribution < 1.29 is 0 Å². The highest BCUT2D eigenvalue weighted by atomic mass is 127. The van der Waals surface area contributed by atoms with Crippen LogP contribution in [0.4, 0.5) is 5.82 Å². The third-order valence-corrected chi connectivity index (χ3v) is 3.01. The van der Waals surface area contributed by atoms with Gasteiger partial charge in [0.2, 0.25) is 0 Å². The maximum Gasteiger partial charge on any atom is 0.145 e. The first kappa shape index (κ1) is 7.23. The van der Waals surface area contributed by atoms with Crippen LogP contribution < -0.4 is 5.73 Å². The number of rotatable bonds is 0. The number of anilines is 1. The Kier molecular flexibility index (Phi) is 1.68. The van der Waals surface area contributed by atoms with Crippen LogP contribution in [0, 0.1) is 2.88 Å². The number of hydrogen-bond acceptors (Lipinski definition) is 4. The van der Waals surface area contributed by atoms with Crippen molar-refractivity contribution in [3.63, 3.8) is 0 Å². The molecule has 2 N–H and O–H groups in total. The SMILES string of the molecule is Nc1cnc2cc(I)sc2n1. The van der Waals surface area contributed by atoms with Gasteiger partial charge in [0.25, 0.3) is 0 Å². The van der Waals surface area contributed by atoms with Crippen LogP contribution in [0.2, 0.25) is 0 Å². The minimum atomic E-state index is 0.482. The minimum absolute atomic E-state index is 0.482. The lowest BCUT2D eigenvalue weighted by Crippen LogP contribution is -1.89. The molecule has 11 heavy (non-hydrogen) atoms. The summed E-state index contributed by atoms with van der Waals surface area (Å²) in [6.45, 7) is 0. The fraction of sp³-hybridized carbons (Fsp3) is 0. The molecule has 2 aromatic rings. The van der Waals surface area contributed by atoms with E-state index in [0.29, 0.717) is 5.82 Å². The number of halogens is 1. The number of hydrogen-bond donors (Lipinski definition) is 1. The van der Waals surface area contributed by atoms with Crippen LogP contribution in [0.1, 0.15) is 0 Å². The van der Waals surface area contributed by atoms with E-state index in [-0.39, 0.29) is 0 Å². The number of nitrogens with two attached hydrogens (primary N) is 1. The Morgan fingerprint density at radius 3 is 3.18 bits per heavy atom. The Labute approximate surface area is 80.8 Å². The van der Waals surface area contributed by atoms with Crippen LogP contribution in [0.25, 0.3) is 10.3 Å². The van der Waals surface area contributed by atoms with Gasteiger partial charge >= 0.3 is 0 Å². The summed E-state index contributed by atoms with van der Waals surface area (Å²) in [7, 11) is 0. The molecule has 2 rings (SSSR count). The first-order valence-corrected chi connectivity index (χ1v) is 4.83. The minimum Gasteiger partial charge on any atom is -0.382 e. The van der Waals surface area contributed by atoms with Crippen molar-refractivity contribution in [1.82, 2.24) is 9.97 Å². The topological polar surface area (TPSA) is 51.8 Å². The van der Waals surface area contributed by atoms with Crippen LogP contribution in [0.5, 0.6) is 0 Å². The first-order valence-electron chi connectivity index (χ1n) is 2.93. The lowest BCUT2D eigenvalue weighted by atomic mass is 10.5. The Hall–Kier alpha value is -0.430. The predicted octanol–water partition coefficient (Wildman–Crippen LogP) is 1.88. The number of nitrogens with zero attached hydrogens (tertiary/aromatic N) is 2. The molecule has 0 amide bonds. The van der Waals surface area contributed by atoms with E-state index in [1.54, 1.807) is 17.5 Å². The zero-order valence-corrected chi connectivity index (χ0v) is 8.39. The van der Waals surface area contributed by atoms with Crippen LogP contribution in [-0.4, -0.2) is 9.97 Å². The van der Waals surface area contributed by atoms with Crippen LogP contribution in [0.3, 0.4) is 0 Å². The molecule has 0 atom stereocenters. The molecule has 56 valence electrons. The standard InChI is InChI=1S/C6H4IN3S/c7-4-1-3-6(11-4)10-5(8)2-9-3/h1-2H,(H2,8,10). The van der Waals surface area contributed by atoms with Gasteiger partial charge in [-0.2, -0.15) is 0 Å². The van der Waals surface area contributed by atoms with Crippen molar-refractivity contribution in [2.24, 2.45) is 0 Å². The van der Waals surface area contributed by atoms with Crippen LogP contribution >= 0.6 is 33.9 Å². The van der Waals surface area contributed by atoms with Crippen molar-refractivity contribution >= 4 is 50.1 Å². The van der Waals surface area contributed by atoms with E-state index in [1.807, 2.05) is 6.07 Å². The summed E-state index contributed by atoms with van der Waals surface area (Å²) in [4.78, 5) is 9.16. The van der Waals surface area contributed by atoms with Gasteiger partial charge in [-0.25, -0.2) is 9.97 Å². The van der Waals surface area contributed by atoms with Gasteiger partial charge in [0, 0.05) is 0 Å². The van der Waals surface area contributed by atoms with E-state index < -0.39 is 0 Å². The fourth-order valence-corrected chi connectivity index (χ4v) is 2.44. The van der Waals surface area contributed by atoms with Crippen molar-refractivity contribution in [2.75, 3.05) is 5.73 Å². The van der Waals surface area contributed by atoms with Crippen LogP contribution in [-0.2, 0) is 0 Å². The molecule has 0 fully saturated rings. The molecule has 5 heteroatoms. The lowest BCUT2D eigenvalue weighted by molar-refractivity contribution is 1.32. The molecule has 3 nitrogen and oxygen atoms in total. The van der Waals surface area contributed by atoms with E-state index in [1.165, 1.54) is 2.88 Å². The van der Waals surface area contributed by atoms with E-state index >= 15 is 0 Å². The summed E-state index contributed by atoms with van der Waals surface area (Å²) >= 11 is 3.84. The monoisotopic (exact) mass is 277 g/mol. The summed E-state index contributed by atoms with van der Waals surface area (Å²) in [6.07, 6.45) is 1.57. The van der Waals surface area contributed by atoms with Crippen molar-refractivity contribution in [3.8, 4) is 0 Å². The molecule has 2 heterocycles. The normalized spacial score (nSPS) is 10.6. The van der Waals surface area contributed by atoms with Crippen molar-refractivity contribution in [2.45, 2.75) is 0 Å². The Bertz CT molecular complexity index is 398. The van der Waals surface area contributed by atoms with Gasteiger partial charge in [-0.3, -0.25) is 0 Å². The van der Waals surface area contributed by atoms with Crippen molar-refractivity contribution in [1.29, 1.82) is 0 Å². The third-order valence-electron chi connectivity index (χ3n) is 1.23. The second-order valence-electron chi connectivity index (χ2n) is 2.04. The maximum atomic E-state index is 5.46. The number of thiophene rings is 1. The molecule has 0 radical (unpaired) electrons. The molecule has 0 saturated heterocycles. The van der Waals surface area contributed by atoms with Gasteiger partial charge in [-0.05, 0) is 28.7 Å². The lowest BCUT2D eigenvalue weighted by Gasteiger charge is -1.88. The Morgan fingerprint density at radius 2 is 2.36 bits per heavy atom. The molecule has 2 aromatic heterocycles. The molecule has 0 bridgehead atoms. The third kappa shape index (κ3) is 1.30. The summed E-state index contributed by atoms with van der Waals surface area (Å²) in [5.74, 6) is 0.482. The van der Waals surface area contributed by atoms with Gasteiger partial charge < -0.3 is 5.73 Å². The fourth-order valence-electron chi connectivity index (χ4n) is 0.798. The van der Waals surface area contributed by atoms with E-state index in [0.717, 1.165) is 10.3 Å². The second-order valence-corrected chi connectivity index (χ2v) is 4.96. The maximum absolute atomic E-state index is 5.46. The highest BCUT2D eigenvalue weighted by molar-refractivity contribution is 14.1. The molecule has 0 aliphatic rings. The number of aromatic nitrogens is 2. The average Bonchev–Trinajstić information content (AvgIpc) is 2.27. The van der Waals surface area contributed by atoms with Gasteiger partial charge in [-0.15, -0.1) is 11.3 Å². The van der Waals surface area contributed by atoms with Crippen molar-refractivity contribution in [3.05, 3.63) is 15.1 Å². The van der Waals surface area contributed by atoms with Crippen LogP contribution in [0.15, 0.2) is 12.3 Å². The van der Waals surface area contributed by atoms with E-state index in [2.05, 4.69) is 32.6 Å². The smallest absolute Gasteiger partial charge is 0.145 e. The van der Waals surface area contributed by atoms with Gasteiger partial charge in [-0.1, -0.05) is 0 Å². The Balaban J connectivity index is 2.82. The zero-order valence-electron chi connectivity index (χ0n) is 5.41. The van der Waals surface area contributed by atoms with Gasteiger partial charge in [0.1, 0.15) is 16.2 Å². The molecule has 0 aromatic carbocycles. The largest absolute Gasteiger partial charge is 0.382 e. The first-order chi connectivity index (χ1) is 5.25. The number of fused-ring (bicyclic) bond motifs is 1. The average molecular weight is 277 g/mol. The molecule has 0 aliphatic heterocycles. The summed E-state index contributed by atoms with van der Waals surface area (Å²) < 4.78 is 1.18. The zero-order chi connectivity index (χ0) is 7.84. The summed E-state index contributed by atoms with van der Waals surface area (Å²) in [5, 5.41) is 0. The highest BCUT2D eigenvalue weighted by Crippen LogP contribution is 2.23. The Morgan fingerprint density at radius 1 is 1.55 bits per heavy atom. The molecule has 0 aliphatic carbocycles. The summed E-state index contributed by atoms with van der Waals surface area (Å²) in [6, 6.07) is 1.99. The van der Waals surface area contributed by atoms with E-state index in [9.17, 15) is 0 Å². The molecule has 0 saturated carbocycles. The van der Waals surface area contributed by atoms with Gasteiger partial charge in [0.15, 0.2) is 0 Å².